The monoisotopic (exact) mass is 272 g/mol. The lowest BCUT2D eigenvalue weighted by molar-refractivity contribution is 0.184. The minimum atomic E-state index is -0.707. The smallest absolute Gasteiger partial charge is 0.125 e. The average Bonchev–Trinajstić information content (AvgIpc) is 2.47. The number of aliphatic hydroxyl groups excluding tert-OH is 1. The summed E-state index contributed by atoms with van der Waals surface area (Å²) in [5, 5.41) is 10.6. The molecule has 0 aliphatic rings. The second-order valence-corrected chi connectivity index (χ2v) is 4.83. The topological polar surface area (TPSA) is 38.7 Å². The number of aryl methyl sites for hydroxylation is 1. The zero-order chi connectivity index (χ0) is 14.5. The summed E-state index contributed by atoms with van der Waals surface area (Å²) in [6.07, 6.45) is -0.707. The van der Waals surface area contributed by atoms with E-state index in [2.05, 4.69) is 0 Å². The van der Waals surface area contributed by atoms with E-state index in [0.29, 0.717) is 12.4 Å². The lowest BCUT2D eigenvalue weighted by atomic mass is 9.97. The largest absolute Gasteiger partial charge is 0.496 e. The van der Waals surface area contributed by atoms with Crippen LogP contribution in [-0.4, -0.2) is 19.3 Å². The van der Waals surface area contributed by atoms with Gasteiger partial charge in [-0.15, -0.1) is 0 Å². The SMILES string of the molecule is COCc1cccc(C(O)c2cc(C)ccc2OC)c1. The van der Waals surface area contributed by atoms with Crippen LogP contribution in [0.1, 0.15) is 28.4 Å². The van der Waals surface area contributed by atoms with Gasteiger partial charge < -0.3 is 14.6 Å². The highest BCUT2D eigenvalue weighted by Crippen LogP contribution is 2.31. The highest BCUT2D eigenvalue weighted by Gasteiger charge is 2.16. The van der Waals surface area contributed by atoms with E-state index in [1.54, 1.807) is 14.2 Å². The van der Waals surface area contributed by atoms with E-state index in [4.69, 9.17) is 9.47 Å². The van der Waals surface area contributed by atoms with E-state index < -0.39 is 6.10 Å². The number of hydrogen-bond acceptors (Lipinski definition) is 3. The molecule has 2 aromatic carbocycles. The molecule has 3 heteroatoms. The minimum absolute atomic E-state index is 0.533. The fourth-order valence-corrected chi connectivity index (χ4v) is 2.27. The molecule has 0 bridgehead atoms. The van der Waals surface area contributed by atoms with Gasteiger partial charge in [0.1, 0.15) is 11.9 Å². The summed E-state index contributed by atoms with van der Waals surface area (Å²) in [6, 6.07) is 13.6. The van der Waals surface area contributed by atoms with Gasteiger partial charge >= 0.3 is 0 Å². The van der Waals surface area contributed by atoms with E-state index in [1.165, 1.54) is 0 Å². The molecule has 0 spiro atoms. The molecule has 0 amide bonds. The van der Waals surface area contributed by atoms with E-state index in [0.717, 1.165) is 22.3 Å². The first kappa shape index (κ1) is 14.6. The van der Waals surface area contributed by atoms with Crippen molar-refractivity contribution in [3.05, 3.63) is 64.7 Å². The van der Waals surface area contributed by atoms with Gasteiger partial charge in [-0.25, -0.2) is 0 Å². The van der Waals surface area contributed by atoms with Crippen molar-refractivity contribution in [3.63, 3.8) is 0 Å². The third-order valence-corrected chi connectivity index (χ3v) is 3.26. The van der Waals surface area contributed by atoms with Gasteiger partial charge in [-0.3, -0.25) is 0 Å². The summed E-state index contributed by atoms with van der Waals surface area (Å²) in [5.74, 6) is 0.695. The van der Waals surface area contributed by atoms with Gasteiger partial charge in [-0.2, -0.15) is 0 Å². The highest BCUT2D eigenvalue weighted by molar-refractivity contribution is 5.43. The molecule has 1 unspecified atom stereocenters. The zero-order valence-electron chi connectivity index (χ0n) is 12.1. The number of ether oxygens (including phenoxy) is 2. The van der Waals surface area contributed by atoms with Crippen molar-refractivity contribution in [2.75, 3.05) is 14.2 Å². The Hall–Kier alpha value is -1.84. The summed E-state index contributed by atoms with van der Waals surface area (Å²) in [5.41, 5.74) is 3.74. The van der Waals surface area contributed by atoms with Crippen LogP contribution in [0.4, 0.5) is 0 Å². The van der Waals surface area contributed by atoms with Crippen LogP contribution in [0.2, 0.25) is 0 Å². The minimum Gasteiger partial charge on any atom is -0.496 e. The van der Waals surface area contributed by atoms with E-state index in [1.807, 2.05) is 49.4 Å². The van der Waals surface area contributed by atoms with Crippen LogP contribution in [0.25, 0.3) is 0 Å². The van der Waals surface area contributed by atoms with E-state index in [9.17, 15) is 5.11 Å². The van der Waals surface area contributed by atoms with Crippen LogP contribution in [0.5, 0.6) is 5.75 Å². The third-order valence-electron chi connectivity index (χ3n) is 3.26. The number of benzene rings is 2. The molecular formula is C17H20O3. The first-order valence-electron chi connectivity index (χ1n) is 6.56. The van der Waals surface area contributed by atoms with Gasteiger partial charge in [0.05, 0.1) is 13.7 Å². The van der Waals surface area contributed by atoms with Crippen molar-refractivity contribution in [3.8, 4) is 5.75 Å². The highest BCUT2D eigenvalue weighted by atomic mass is 16.5. The van der Waals surface area contributed by atoms with Gasteiger partial charge in [0, 0.05) is 12.7 Å². The van der Waals surface area contributed by atoms with Crippen molar-refractivity contribution in [1.82, 2.24) is 0 Å². The standard InChI is InChI=1S/C17H20O3/c1-12-7-8-16(20-3)15(9-12)17(18)14-6-4-5-13(10-14)11-19-2/h4-10,17-18H,11H2,1-3H3. The van der Waals surface area contributed by atoms with Gasteiger partial charge in [-0.1, -0.05) is 35.9 Å². The van der Waals surface area contributed by atoms with Crippen molar-refractivity contribution < 1.29 is 14.6 Å². The molecule has 0 heterocycles. The summed E-state index contributed by atoms with van der Waals surface area (Å²) >= 11 is 0. The van der Waals surface area contributed by atoms with Crippen molar-refractivity contribution in [1.29, 1.82) is 0 Å². The first-order chi connectivity index (χ1) is 9.65. The molecule has 20 heavy (non-hydrogen) atoms. The molecule has 0 aliphatic carbocycles. The average molecular weight is 272 g/mol. The van der Waals surface area contributed by atoms with E-state index >= 15 is 0 Å². The second kappa shape index (κ2) is 6.55. The molecule has 2 aromatic rings. The molecule has 106 valence electrons. The van der Waals surface area contributed by atoms with Crippen LogP contribution < -0.4 is 4.74 Å². The Kier molecular flexibility index (Phi) is 4.77. The fourth-order valence-electron chi connectivity index (χ4n) is 2.27. The number of hydrogen-bond donors (Lipinski definition) is 1. The van der Waals surface area contributed by atoms with E-state index in [-0.39, 0.29) is 0 Å². The van der Waals surface area contributed by atoms with Crippen molar-refractivity contribution in [2.45, 2.75) is 19.6 Å². The summed E-state index contributed by atoms with van der Waals surface area (Å²) < 4.78 is 10.5. The molecular weight excluding hydrogens is 252 g/mol. The van der Waals surface area contributed by atoms with Crippen LogP contribution in [0.15, 0.2) is 42.5 Å². The molecule has 3 nitrogen and oxygen atoms in total. The number of rotatable bonds is 5. The Morgan fingerprint density at radius 2 is 1.90 bits per heavy atom. The molecule has 0 fully saturated rings. The van der Waals surface area contributed by atoms with Crippen LogP contribution >= 0.6 is 0 Å². The van der Waals surface area contributed by atoms with Crippen LogP contribution in [0.3, 0.4) is 0 Å². The lowest BCUT2D eigenvalue weighted by Crippen LogP contribution is -2.03. The second-order valence-electron chi connectivity index (χ2n) is 4.83. The Bertz CT molecular complexity index is 578. The predicted octanol–water partition coefficient (Wildman–Crippen LogP) is 3.23. The molecule has 1 atom stereocenters. The van der Waals surface area contributed by atoms with Gasteiger partial charge in [0.25, 0.3) is 0 Å². The van der Waals surface area contributed by atoms with Gasteiger partial charge in [0.2, 0.25) is 0 Å². The molecule has 0 aliphatic heterocycles. The maximum atomic E-state index is 10.6. The van der Waals surface area contributed by atoms with Crippen LogP contribution in [-0.2, 0) is 11.3 Å². The summed E-state index contributed by atoms with van der Waals surface area (Å²) in [4.78, 5) is 0. The number of aliphatic hydroxyl groups is 1. The summed E-state index contributed by atoms with van der Waals surface area (Å²) in [6.45, 7) is 2.53. The maximum Gasteiger partial charge on any atom is 0.125 e. The zero-order valence-corrected chi connectivity index (χ0v) is 12.1. The van der Waals surface area contributed by atoms with Gasteiger partial charge in [0.15, 0.2) is 0 Å². The molecule has 2 rings (SSSR count). The van der Waals surface area contributed by atoms with Crippen LogP contribution in [0, 0.1) is 6.92 Å². The Labute approximate surface area is 119 Å². The quantitative estimate of drug-likeness (QED) is 0.908. The predicted molar refractivity (Wildman–Crippen MR) is 78.9 cm³/mol. The molecule has 0 saturated carbocycles. The molecule has 0 saturated heterocycles. The van der Waals surface area contributed by atoms with Gasteiger partial charge in [-0.05, 0) is 30.2 Å². The third kappa shape index (κ3) is 3.18. The Morgan fingerprint density at radius 3 is 2.60 bits per heavy atom. The molecule has 0 radical (unpaired) electrons. The van der Waals surface area contributed by atoms with Crippen molar-refractivity contribution >= 4 is 0 Å². The maximum absolute atomic E-state index is 10.6. The Morgan fingerprint density at radius 1 is 1.10 bits per heavy atom. The first-order valence-corrected chi connectivity index (χ1v) is 6.56. The normalized spacial score (nSPS) is 12.2. The molecule has 1 N–H and O–H groups in total. The van der Waals surface area contributed by atoms with Crippen molar-refractivity contribution in [2.24, 2.45) is 0 Å². The summed E-state index contributed by atoms with van der Waals surface area (Å²) in [7, 11) is 3.27. The molecule has 0 aromatic heterocycles. The lowest BCUT2D eigenvalue weighted by Gasteiger charge is -2.16. The Balaban J connectivity index is 2.37. The number of methoxy groups -OCH3 is 2. The fraction of sp³-hybridized carbons (Fsp3) is 0.294.